The number of ether oxygens (including phenoxy) is 2. The molecule has 0 radical (unpaired) electrons. The summed E-state index contributed by atoms with van der Waals surface area (Å²) >= 11 is 1.68. The van der Waals surface area contributed by atoms with Crippen molar-refractivity contribution in [2.24, 2.45) is 0 Å². The van der Waals surface area contributed by atoms with Crippen LogP contribution in [-0.4, -0.2) is 33.8 Å². The van der Waals surface area contributed by atoms with Crippen LogP contribution in [0.4, 0.5) is 11.4 Å². The molecule has 5 rings (SSSR count). The van der Waals surface area contributed by atoms with Gasteiger partial charge in [0.1, 0.15) is 0 Å². The van der Waals surface area contributed by atoms with Crippen LogP contribution < -0.4 is 10.6 Å². The molecule has 0 spiro atoms. The number of nitrogens with one attached hydrogen (secondary N) is 2. The highest BCUT2D eigenvalue weighted by atomic mass is 32.2. The van der Waals surface area contributed by atoms with Crippen molar-refractivity contribution in [2.45, 2.75) is 43.3 Å². The minimum absolute atomic E-state index is 0.0127. The Morgan fingerprint density at radius 2 is 1.59 bits per heavy atom. The van der Waals surface area contributed by atoms with E-state index in [4.69, 9.17) is 9.47 Å². The predicted octanol–water partition coefficient (Wildman–Crippen LogP) is 6.12. The van der Waals surface area contributed by atoms with Gasteiger partial charge in [-0.25, -0.2) is 0 Å². The van der Waals surface area contributed by atoms with Gasteiger partial charge >= 0.3 is 0 Å². The van der Waals surface area contributed by atoms with Crippen LogP contribution in [0.1, 0.15) is 52.8 Å². The van der Waals surface area contributed by atoms with E-state index in [1.54, 1.807) is 30.1 Å². The number of anilines is 2. The summed E-state index contributed by atoms with van der Waals surface area (Å²) in [5.74, 6) is 0.378. The molecule has 0 aliphatic carbocycles. The molecule has 41 heavy (non-hydrogen) atoms. The molecule has 0 unspecified atom stereocenters. The maximum Gasteiger partial charge on any atom is 0.257 e. The van der Waals surface area contributed by atoms with Crippen LogP contribution in [0, 0.1) is 0 Å². The summed E-state index contributed by atoms with van der Waals surface area (Å²) < 4.78 is 12.8. The number of amides is 2. The molecule has 9 heteroatoms. The maximum absolute atomic E-state index is 12.5. The average Bonchev–Trinajstić information content (AvgIpc) is 3.01. The molecule has 1 fully saturated rings. The molecule has 2 heterocycles. The lowest BCUT2D eigenvalue weighted by Gasteiger charge is -2.36. The molecule has 4 aromatic rings. The van der Waals surface area contributed by atoms with Gasteiger partial charge in [0.15, 0.2) is 6.29 Å². The highest BCUT2D eigenvalue weighted by molar-refractivity contribution is 7.99. The van der Waals surface area contributed by atoms with Crippen LogP contribution in [0.25, 0.3) is 0 Å². The second-order valence-corrected chi connectivity index (χ2v) is 10.8. The molecule has 3 aromatic carbocycles. The van der Waals surface area contributed by atoms with Crippen molar-refractivity contribution in [2.75, 3.05) is 16.4 Å². The number of nitrogens with zero attached hydrogens (tertiary/aromatic N) is 1. The number of rotatable bonds is 9. The molecule has 0 bridgehead atoms. The van der Waals surface area contributed by atoms with Gasteiger partial charge in [-0.15, -0.1) is 11.8 Å². The lowest BCUT2D eigenvalue weighted by Crippen LogP contribution is -2.31. The summed E-state index contributed by atoms with van der Waals surface area (Å²) in [6, 6.07) is 26.4. The van der Waals surface area contributed by atoms with Crippen molar-refractivity contribution in [1.82, 2.24) is 4.98 Å². The molecular weight excluding hydrogens is 538 g/mol. The van der Waals surface area contributed by atoms with Crippen molar-refractivity contribution in [3.8, 4) is 0 Å². The lowest BCUT2D eigenvalue weighted by molar-refractivity contribution is -0.245. The molecule has 3 atom stereocenters. The number of carbonyl (C=O) groups is 2. The maximum atomic E-state index is 12.5. The van der Waals surface area contributed by atoms with E-state index in [9.17, 15) is 14.7 Å². The molecule has 1 aromatic heterocycles. The van der Waals surface area contributed by atoms with Gasteiger partial charge in [-0.05, 0) is 59.7 Å². The Morgan fingerprint density at radius 1 is 0.902 bits per heavy atom. The Bertz CT molecular complexity index is 1450. The summed E-state index contributed by atoms with van der Waals surface area (Å²) in [6.45, 7) is 1.47. The minimum atomic E-state index is -0.595. The first-order chi connectivity index (χ1) is 20.0. The van der Waals surface area contributed by atoms with E-state index in [0.717, 1.165) is 27.3 Å². The van der Waals surface area contributed by atoms with Crippen LogP contribution in [0.5, 0.6) is 0 Å². The Morgan fingerprint density at radius 3 is 2.24 bits per heavy atom. The number of hydrogen-bond donors (Lipinski definition) is 3. The van der Waals surface area contributed by atoms with Gasteiger partial charge in [0, 0.05) is 53.3 Å². The van der Waals surface area contributed by atoms with E-state index in [2.05, 4.69) is 15.6 Å². The average molecular weight is 570 g/mol. The minimum Gasteiger partial charge on any atom is -0.392 e. The standard InChI is InChI=1S/C32H31N3O5S/c1-21(37)34-26-12-14-29(15-13-26)41-20-28-17-30(23-6-4-22(19-36)5-7-23)40-32(39-28)24-8-10-27(11-9-24)35-31(38)25-3-2-16-33-18-25/h2-16,18,28,30,32,36H,17,19-20H2,1H3,(H,34,37)(H,35,38)/t28-,30+,32+/m0/s1. The zero-order valence-corrected chi connectivity index (χ0v) is 23.3. The molecule has 1 aliphatic rings. The van der Waals surface area contributed by atoms with Gasteiger partial charge in [0.25, 0.3) is 5.91 Å². The number of aromatic nitrogens is 1. The van der Waals surface area contributed by atoms with Crippen molar-refractivity contribution in [3.05, 3.63) is 120 Å². The van der Waals surface area contributed by atoms with Crippen LogP contribution in [-0.2, 0) is 20.9 Å². The number of carbonyl (C=O) groups excluding carboxylic acids is 2. The monoisotopic (exact) mass is 569 g/mol. The lowest BCUT2D eigenvalue weighted by atomic mass is 10.0. The Balaban J connectivity index is 1.29. The third kappa shape index (κ3) is 7.80. The summed E-state index contributed by atoms with van der Waals surface area (Å²) in [7, 11) is 0. The molecule has 0 saturated carbocycles. The molecular formula is C32H31N3O5S. The molecule has 1 saturated heterocycles. The highest BCUT2D eigenvalue weighted by Crippen LogP contribution is 2.39. The topological polar surface area (TPSA) is 110 Å². The fourth-order valence-electron chi connectivity index (χ4n) is 4.47. The SMILES string of the molecule is CC(=O)Nc1ccc(SC[C@@H]2C[C@H](c3ccc(CO)cc3)O[C@H](c3ccc(NC(=O)c4cccnc4)cc3)O2)cc1. The van der Waals surface area contributed by atoms with E-state index in [1.807, 2.05) is 72.8 Å². The van der Waals surface area contributed by atoms with Crippen molar-refractivity contribution in [1.29, 1.82) is 0 Å². The van der Waals surface area contributed by atoms with E-state index in [-0.39, 0.29) is 30.6 Å². The van der Waals surface area contributed by atoms with Gasteiger partial charge in [0.2, 0.25) is 5.91 Å². The summed E-state index contributed by atoms with van der Waals surface area (Å²) in [5, 5.41) is 15.1. The molecule has 210 valence electrons. The number of aliphatic hydroxyl groups is 1. The Labute approximate surface area is 243 Å². The van der Waals surface area contributed by atoms with E-state index in [0.29, 0.717) is 23.4 Å². The number of benzene rings is 3. The van der Waals surface area contributed by atoms with Crippen molar-refractivity contribution < 1.29 is 24.2 Å². The molecule has 8 nitrogen and oxygen atoms in total. The normalized spacial score (nSPS) is 18.4. The third-order valence-electron chi connectivity index (χ3n) is 6.59. The Kier molecular flexibility index (Phi) is 9.43. The quantitative estimate of drug-likeness (QED) is 0.208. The zero-order chi connectivity index (χ0) is 28.6. The largest absolute Gasteiger partial charge is 0.392 e. The first-order valence-corrected chi connectivity index (χ1v) is 14.3. The Hall–Kier alpha value is -4.02. The third-order valence-corrected chi connectivity index (χ3v) is 7.73. The second kappa shape index (κ2) is 13.6. The summed E-state index contributed by atoms with van der Waals surface area (Å²) in [5.41, 5.74) is 4.60. The van der Waals surface area contributed by atoms with Gasteiger partial charge in [-0.1, -0.05) is 36.4 Å². The van der Waals surface area contributed by atoms with Gasteiger partial charge in [-0.2, -0.15) is 0 Å². The van der Waals surface area contributed by atoms with Gasteiger partial charge < -0.3 is 25.2 Å². The van der Waals surface area contributed by atoms with Crippen LogP contribution in [0.3, 0.4) is 0 Å². The van der Waals surface area contributed by atoms with Crippen LogP contribution >= 0.6 is 11.8 Å². The first kappa shape index (κ1) is 28.5. The summed E-state index contributed by atoms with van der Waals surface area (Å²) in [6.07, 6.45) is 2.93. The number of thioether (sulfide) groups is 1. The number of pyridine rings is 1. The zero-order valence-electron chi connectivity index (χ0n) is 22.5. The number of hydrogen-bond acceptors (Lipinski definition) is 7. The first-order valence-electron chi connectivity index (χ1n) is 13.3. The fourth-order valence-corrected chi connectivity index (χ4v) is 5.40. The molecule has 1 aliphatic heterocycles. The fraction of sp³-hybridized carbons (Fsp3) is 0.219. The molecule has 3 N–H and O–H groups in total. The van der Waals surface area contributed by atoms with Gasteiger partial charge in [-0.3, -0.25) is 14.6 Å². The van der Waals surface area contributed by atoms with E-state index < -0.39 is 6.29 Å². The van der Waals surface area contributed by atoms with Crippen LogP contribution in [0.15, 0.2) is 102 Å². The van der Waals surface area contributed by atoms with Gasteiger partial charge in [0.05, 0.1) is 24.4 Å². The van der Waals surface area contributed by atoms with E-state index in [1.165, 1.54) is 13.1 Å². The van der Waals surface area contributed by atoms with Crippen molar-refractivity contribution >= 4 is 35.0 Å². The second-order valence-electron chi connectivity index (χ2n) is 9.68. The van der Waals surface area contributed by atoms with E-state index >= 15 is 0 Å². The predicted molar refractivity (Wildman–Crippen MR) is 159 cm³/mol. The summed E-state index contributed by atoms with van der Waals surface area (Å²) in [4.78, 5) is 28.9. The van der Waals surface area contributed by atoms with Crippen molar-refractivity contribution in [3.63, 3.8) is 0 Å². The highest BCUT2D eigenvalue weighted by Gasteiger charge is 2.32. The van der Waals surface area contributed by atoms with Crippen LogP contribution in [0.2, 0.25) is 0 Å². The molecule has 2 amide bonds. The number of aliphatic hydroxyl groups excluding tert-OH is 1. The smallest absolute Gasteiger partial charge is 0.257 e.